The molecule has 0 heterocycles. The number of aliphatic hydroxyl groups excluding tert-OH is 1. The summed E-state index contributed by atoms with van der Waals surface area (Å²) in [4.78, 5) is 13.7. The Morgan fingerprint density at radius 1 is 1.30 bits per heavy atom. The summed E-state index contributed by atoms with van der Waals surface area (Å²) in [6.07, 6.45) is 4.48. The van der Waals surface area contributed by atoms with E-state index in [4.69, 9.17) is 0 Å². The minimum absolute atomic E-state index is 0.00370. The van der Waals surface area contributed by atoms with Crippen LogP contribution in [0.5, 0.6) is 0 Å². The third-order valence-corrected chi connectivity index (χ3v) is 4.06. The van der Waals surface area contributed by atoms with E-state index >= 15 is 0 Å². The van der Waals surface area contributed by atoms with Gasteiger partial charge in [0.1, 0.15) is 5.92 Å². The van der Waals surface area contributed by atoms with Crippen LogP contribution in [0.15, 0.2) is 55.1 Å². The second kappa shape index (κ2) is 9.28. The quantitative estimate of drug-likeness (QED) is 0.686. The molecule has 4 nitrogen and oxygen atoms in total. The molecule has 0 aliphatic carbocycles. The lowest BCUT2D eigenvalue weighted by molar-refractivity contribution is -0.148. The largest absolute Gasteiger partial charge is 0.481 e. The van der Waals surface area contributed by atoms with Crippen molar-refractivity contribution in [2.24, 2.45) is 5.92 Å². The summed E-state index contributed by atoms with van der Waals surface area (Å²) >= 11 is 0. The van der Waals surface area contributed by atoms with Gasteiger partial charge < -0.3 is 10.2 Å². The fraction of sp³-hybridized carbons (Fsp3) is 0.421. The van der Waals surface area contributed by atoms with Crippen molar-refractivity contribution >= 4 is 5.97 Å². The Balaban J connectivity index is 3.25. The molecule has 0 aromatic heterocycles. The van der Waals surface area contributed by atoms with Crippen LogP contribution in [0.1, 0.15) is 32.4 Å². The van der Waals surface area contributed by atoms with Crippen molar-refractivity contribution in [3.05, 3.63) is 60.7 Å². The highest BCUT2D eigenvalue weighted by Crippen LogP contribution is 2.28. The fourth-order valence-corrected chi connectivity index (χ4v) is 2.88. The molecule has 0 radical (unpaired) electrons. The minimum Gasteiger partial charge on any atom is -0.481 e. The molecule has 4 unspecified atom stereocenters. The van der Waals surface area contributed by atoms with Crippen LogP contribution >= 0.6 is 0 Å². The van der Waals surface area contributed by atoms with E-state index in [1.165, 1.54) is 6.92 Å². The molecular weight excluding hydrogens is 290 g/mol. The van der Waals surface area contributed by atoms with Crippen LogP contribution < -0.4 is 0 Å². The summed E-state index contributed by atoms with van der Waals surface area (Å²) in [6, 6.07) is 9.49. The van der Waals surface area contributed by atoms with Crippen molar-refractivity contribution in [2.75, 3.05) is 6.54 Å². The average molecular weight is 317 g/mol. The number of nitrogens with zero attached hydrogens (tertiary/aromatic N) is 1. The zero-order chi connectivity index (χ0) is 17.4. The first-order valence-corrected chi connectivity index (χ1v) is 7.89. The van der Waals surface area contributed by atoms with E-state index in [9.17, 15) is 15.0 Å². The Hall–Kier alpha value is -1.91. The zero-order valence-electron chi connectivity index (χ0n) is 14.1. The maximum absolute atomic E-state index is 11.7. The molecule has 0 saturated heterocycles. The number of carboxylic acid groups (broad SMARTS) is 1. The van der Waals surface area contributed by atoms with Crippen LogP contribution in [0.25, 0.3) is 0 Å². The Kier molecular flexibility index (Phi) is 7.72. The molecule has 126 valence electrons. The van der Waals surface area contributed by atoms with E-state index in [2.05, 4.69) is 6.58 Å². The van der Waals surface area contributed by atoms with Gasteiger partial charge in [0.2, 0.25) is 0 Å². The van der Waals surface area contributed by atoms with Gasteiger partial charge in [0, 0.05) is 18.6 Å². The van der Waals surface area contributed by atoms with Gasteiger partial charge in [-0.15, -0.1) is 6.58 Å². The van der Waals surface area contributed by atoms with Gasteiger partial charge in [-0.2, -0.15) is 0 Å². The molecule has 4 heteroatoms. The molecule has 2 N–H and O–H groups in total. The number of hydrogen-bond donors (Lipinski definition) is 2. The number of aliphatic carboxylic acids is 1. The summed E-state index contributed by atoms with van der Waals surface area (Å²) < 4.78 is 0. The monoisotopic (exact) mass is 317 g/mol. The van der Waals surface area contributed by atoms with Gasteiger partial charge in [0.05, 0.1) is 6.10 Å². The van der Waals surface area contributed by atoms with Crippen molar-refractivity contribution in [3.63, 3.8) is 0 Å². The number of benzene rings is 1. The van der Waals surface area contributed by atoms with Gasteiger partial charge in [0.25, 0.3) is 0 Å². The molecule has 0 amide bonds. The summed E-state index contributed by atoms with van der Waals surface area (Å²) in [5, 5.41) is 19.5. The van der Waals surface area contributed by atoms with E-state index in [-0.39, 0.29) is 6.04 Å². The van der Waals surface area contributed by atoms with Gasteiger partial charge >= 0.3 is 5.97 Å². The van der Waals surface area contributed by atoms with E-state index in [0.29, 0.717) is 6.54 Å². The van der Waals surface area contributed by atoms with E-state index in [0.717, 1.165) is 5.56 Å². The summed E-state index contributed by atoms with van der Waals surface area (Å²) in [6.45, 7) is 9.74. The predicted molar refractivity (Wildman–Crippen MR) is 93.2 cm³/mol. The number of carboxylic acids is 1. The van der Waals surface area contributed by atoms with Gasteiger partial charge in [-0.1, -0.05) is 48.6 Å². The Bertz CT molecular complexity index is 525. The lowest BCUT2D eigenvalue weighted by Crippen LogP contribution is -2.47. The molecule has 1 aromatic carbocycles. The van der Waals surface area contributed by atoms with Gasteiger partial charge in [0.15, 0.2) is 0 Å². The second-order valence-corrected chi connectivity index (χ2v) is 5.69. The maximum Gasteiger partial charge on any atom is 0.311 e. The van der Waals surface area contributed by atoms with Crippen molar-refractivity contribution in [3.8, 4) is 0 Å². The van der Waals surface area contributed by atoms with Crippen LogP contribution in [0.2, 0.25) is 0 Å². The third kappa shape index (κ3) is 5.05. The summed E-state index contributed by atoms with van der Waals surface area (Å²) in [5.74, 6) is -1.91. The molecule has 0 saturated carbocycles. The third-order valence-electron chi connectivity index (χ3n) is 4.06. The number of aliphatic hydroxyl groups is 1. The molecule has 0 spiro atoms. The lowest BCUT2D eigenvalue weighted by Gasteiger charge is -2.38. The summed E-state index contributed by atoms with van der Waals surface area (Å²) in [7, 11) is 0. The van der Waals surface area contributed by atoms with Crippen molar-refractivity contribution in [2.45, 2.75) is 39.0 Å². The standard InChI is InChI=1S/C19H27NO3/c1-5-10-17(18(15(4)21)19(22)23)20(13-6-2)14(3)16-11-8-7-9-12-16/h5-12,14-15,17-18,21H,2,13H2,1,3-4H3,(H,22,23)/b10-5+. The Morgan fingerprint density at radius 2 is 1.91 bits per heavy atom. The van der Waals surface area contributed by atoms with Crippen molar-refractivity contribution in [1.29, 1.82) is 0 Å². The van der Waals surface area contributed by atoms with E-state index < -0.39 is 24.0 Å². The number of rotatable bonds is 9. The first-order valence-electron chi connectivity index (χ1n) is 7.89. The second-order valence-electron chi connectivity index (χ2n) is 5.69. The minimum atomic E-state index is -1.00. The number of carbonyl (C=O) groups is 1. The molecule has 23 heavy (non-hydrogen) atoms. The van der Waals surface area contributed by atoms with Crippen LogP contribution in [0.4, 0.5) is 0 Å². The van der Waals surface area contributed by atoms with E-state index in [1.807, 2.05) is 61.2 Å². The highest BCUT2D eigenvalue weighted by Gasteiger charge is 2.36. The zero-order valence-corrected chi connectivity index (χ0v) is 14.1. The summed E-state index contributed by atoms with van der Waals surface area (Å²) in [5.41, 5.74) is 1.10. The number of hydrogen-bond acceptors (Lipinski definition) is 3. The topological polar surface area (TPSA) is 60.8 Å². The average Bonchev–Trinajstić information content (AvgIpc) is 2.51. The highest BCUT2D eigenvalue weighted by molar-refractivity contribution is 5.72. The predicted octanol–water partition coefficient (Wildman–Crippen LogP) is 3.26. The normalized spacial score (nSPS) is 16.9. The van der Waals surface area contributed by atoms with Crippen LogP contribution in [0.3, 0.4) is 0 Å². The molecule has 1 rings (SSSR count). The van der Waals surface area contributed by atoms with Crippen LogP contribution in [-0.2, 0) is 4.79 Å². The van der Waals surface area contributed by atoms with Crippen LogP contribution in [0, 0.1) is 5.92 Å². The lowest BCUT2D eigenvalue weighted by atomic mass is 9.90. The van der Waals surface area contributed by atoms with Crippen molar-refractivity contribution < 1.29 is 15.0 Å². The molecule has 0 aliphatic heterocycles. The molecule has 4 atom stereocenters. The van der Waals surface area contributed by atoms with Crippen LogP contribution in [-0.4, -0.2) is 39.8 Å². The van der Waals surface area contributed by atoms with Gasteiger partial charge in [-0.3, -0.25) is 9.69 Å². The molecule has 0 aliphatic rings. The first kappa shape index (κ1) is 19.1. The molecule has 0 fully saturated rings. The highest BCUT2D eigenvalue weighted by atomic mass is 16.4. The van der Waals surface area contributed by atoms with Gasteiger partial charge in [-0.25, -0.2) is 0 Å². The Labute approximate surface area is 138 Å². The van der Waals surface area contributed by atoms with E-state index in [1.54, 1.807) is 6.08 Å². The fourth-order valence-electron chi connectivity index (χ4n) is 2.88. The number of allylic oxidation sites excluding steroid dienone is 1. The molecule has 1 aromatic rings. The smallest absolute Gasteiger partial charge is 0.311 e. The molecular formula is C19H27NO3. The first-order chi connectivity index (χ1) is 10.9. The van der Waals surface area contributed by atoms with Crippen molar-refractivity contribution in [1.82, 2.24) is 4.90 Å². The molecule has 0 bridgehead atoms. The Morgan fingerprint density at radius 3 is 2.35 bits per heavy atom. The SMILES string of the molecule is C=CCN(C(C)c1ccccc1)C(/C=C/C)C(C(=O)O)C(C)O. The maximum atomic E-state index is 11.7. The van der Waals surface area contributed by atoms with Gasteiger partial charge in [-0.05, 0) is 26.3 Å².